The molecule has 0 aromatic heterocycles. The molecular weight excluding hydrogens is 160 g/mol. The lowest BCUT2D eigenvalue weighted by molar-refractivity contribution is 0.174. The normalized spacial score (nSPS) is 16.5. The maximum absolute atomic E-state index is 5.52. The van der Waals surface area contributed by atoms with E-state index in [2.05, 4.69) is 0 Å². The number of methoxy groups -OCH3 is 1. The third-order valence-corrected chi connectivity index (χ3v) is 2.04. The fourth-order valence-corrected chi connectivity index (χ4v) is 1.29. The Kier molecular flexibility index (Phi) is 3.08. The van der Waals surface area contributed by atoms with Crippen LogP contribution in [0.1, 0.15) is 12.8 Å². The second-order valence-corrected chi connectivity index (χ2v) is 3.17. The van der Waals surface area contributed by atoms with Crippen molar-refractivity contribution >= 4 is 17.3 Å². The first-order valence-electron chi connectivity index (χ1n) is 3.80. The number of hydrogen-bond acceptors (Lipinski definition) is 2. The lowest BCUT2D eigenvalue weighted by atomic mass is 10.5. The van der Waals surface area contributed by atoms with Gasteiger partial charge in [0.1, 0.15) is 0 Å². The minimum Gasteiger partial charge on any atom is -0.383 e. The van der Waals surface area contributed by atoms with E-state index in [-0.39, 0.29) is 0 Å². The highest BCUT2D eigenvalue weighted by Gasteiger charge is 2.29. The van der Waals surface area contributed by atoms with Gasteiger partial charge in [-0.2, -0.15) is 0 Å². The zero-order valence-electron chi connectivity index (χ0n) is 6.75. The van der Waals surface area contributed by atoms with Gasteiger partial charge in [-0.05, 0) is 25.1 Å². The summed E-state index contributed by atoms with van der Waals surface area (Å²) in [6.45, 7) is 1.53. The lowest BCUT2D eigenvalue weighted by Crippen LogP contribution is -2.39. The molecule has 0 unspecified atom stereocenters. The molecule has 0 aliphatic heterocycles. The largest absolute Gasteiger partial charge is 0.383 e. The number of ether oxygens (including phenoxy) is 1. The van der Waals surface area contributed by atoms with Crippen LogP contribution >= 0.6 is 12.2 Å². The predicted octanol–water partition coefficient (Wildman–Crippen LogP) is 0.341. The van der Waals surface area contributed by atoms with Gasteiger partial charge >= 0.3 is 0 Å². The fraction of sp³-hybridized carbons (Fsp3) is 0.857. The number of nitrogens with zero attached hydrogens (tertiary/aromatic N) is 1. The predicted molar refractivity (Wildman–Crippen MR) is 48.4 cm³/mol. The van der Waals surface area contributed by atoms with Crippen molar-refractivity contribution in [3.8, 4) is 0 Å². The van der Waals surface area contributed by atoms with Crippen LogP contribution in [0.25, 0.3) is 0 Å². The summed E-state index contributed by atoms with van der Waals surface area (Å²) in [5, 5.41) is 0.504. The van der Waals surface area contributed by atoms with Crippen LogP contribution in [0.15, 0.2) is 0 Å². The summed E-state index contributed by atoms with van der Waals surface area (Å²) in [5.74, 6) is 0. The Morgan fingerprint density at radius 2 is 2.36 bits per heavy atom. The first-order chi connectivity index (χ1) is 5.25. The summed E-state index contributed by atoms with van der Waals surface area (Å²) >= 11 is 4.89. The van der Waals surface area contributed by atoms with Crippen LogP contribution in [0, 0.1) is 0 Å². The van der Waals surface area contributed by atoms with E-state index in [4.69, 9.17) is 22.7 Å². The molecule has 0 heterocycles. The molecule has 0 radical (unpaired) electrons. The first-order valence-corrected chi connectivity index (χ1v) is 4.21. The van der Waals surface area contributed by atoms with Crippen molar-refractivity contribution in [2.75, 3.05) is 20.3 Å². The monoisotopic (exact) mass is 174 g/mol. The van der Waals surface area contributed by atoms with Crippen LogP contribution < -0.4 is 5.73 Å². The van der Waals surface area contributed by atoms with E-state index in [9.17, 15) is 0 Å². The third-order valence-electron chi connectivity index (χ3n) is 1.81. The van der Waals surface area contributed by atoms with Crippen molar-refractivity contribution in [3.05, 3.63) is 0 Å². The number of thiocarbonyl (C=S) groups is 1. The van der Waals surface area contributed by atoms with E-state index >= 15 is 0 Å². The molecule has 1 rings (SSSR count). The Bertz CT molecular complexity index is 147. The molecule has 2 N–H and O–H groups in total. The smallest absolute Gasteiger partial charge is 0.166 e. The van der Waals surface area contributed by atoms with Crippen LogP contribution in [-0.2, 0) is 4.74 Å². The second-order valence-electron chi connectivity index (χ2n) is 2.76. The molecule has 1 saturated carbocycles. The average Bonchev–Trinajstić information content (AvgIpc) is 2.71. The Balaban J connectivity index is 2.26. The van der Waals surface area contributed by atoms with E-state index in [1.807, 2.05) is 4.90 Å². The van der Waals surface area contributed by atoms with Crippen LogP contribution in [0.2, 0.25) is 0 Å². The Hall–Kier alpha value is -0.350. The van der Waals surface area contributed by atoms with Crippen molar-refractivity contribution in [3.63, 3.8) is 0 Å². The van der Waals surface area contributed by atoms with E-state index in [1.165, 1.54) is 12.8 Å². The van der Waals surface area contributed by atoms with Gasteiger partial charge < -0.3 is 15.4 Å². The molecular formula is C7H14N2OS. The van der Waals surface area contributed by atoms with Gasteiger partial charge in [-0.25, -0.2) is 0 Å². The quantitative estimate of drug-likeness (QED) is 0.624. The molecule has 1 aliphatic rings. The molecule has 0 atom stereocenters. The van der Waals surface area contributed by atoms with Crippen LogP contribution in [0.4, 0.5) is 0 Å². The van der Waals surface area contributed by atoms with Crippen molar-refractivity contribution in [2.45, 2.75) is 18.9 Å². The number of hydrogen-bond donors (Lipinski definition) is 1. The maximum atomic E-state index is 5.52. The maximum Gasteiger partial charge on any atom is 0.166 e. The molecule has 3 nitrogen and oxygen atoms in total. The molecule has 11 heavy (non-hydrogen) atoms. The zero-order chi connectivity index (χ0) is 8.27. The van der Waals surface area contributed by atoms with Crippen LogP contribution in [0.5, 0.6) is 0 Å². The van der Waals surface area contributed by atoms with Crippen molar-refractivity contribution in [1.29, 1.82) is 0 Å². The molecule has 0 aromatic carbocycles. The summed E-state index contributed by atoms with van der Waals surface area (Å²) < 4.78 is 4.94. The minimum atomic E-state index is 0.504. The van der Waals surface area contributed by atoms with Gasteiger partial charge in [0.25, 0.3) is 0 Å². The van der Waals surface area contributed by atoms with Crippen molar-refractivity contribution in [2.24, 2.45) is 5.73 Å². The van der Waals surface area contributed by atoms with Crippen molar-refractivity contribution in [1.82, 2.24) is 4.90 Å². The van der Waals surface area contributed by atoms with E-state index in [0.717, 1.165) is 6.54 Å². The van der Waals surface area contributed by atoms with Gasteiger partial charge in [-0.1, -0.05) is 0 Å². The summed E-state index contributed by atoms with van der Waals surface area (Å²) in [5.41, 5.74) is 5.52. The van der Waals surface area contributed by atoms with Crippen LogP contribution in [-0.4, -0.2) is 36.3 Å². The summed E-state index contributed by atoms with van der Waals surface area (Å²) in [6, 6.07) is 0.600. The molecule has 4 heteroatoms. The summed E-state index contributed by atoms with van der Waals surface area (Å²) in [4.78, 5) is 2.04. The van der Waals surface area contributed by atoms with E-state index < -0.39 is 0 Å². The average molecular weight is 174 g/mol. The van der Waals surface area contributed by atoms with Gasteiger partial charge in [0.15, 0.2) is 5.11 Å². The number of nitrogens with two attached hydrogens (primary N) is 1. The molecule has 0 spiro atoms. The Labute approximate surface area is 72.5 Å². The lowest BCUT2D eigenvalue weighted by Gasteiger charge is -2.21. The van der Waals surface area contributed by atoms with Gasteiger partial charge in [0, 0.05) is 19.7 Å². The van der Waals surface area contributed by atoms with Gasteiger partial charge in [-0.3, -0.25) is 0 Å². The third kappa shape index (κ3) is 2.63. The molecule has 0 bridgehead atoms. The Morgan fingerprint density at radius 3 is 2.73 bits per heavy atom. The molecule has 1 aliphatic carbocycles. The molecule has 0 saturated heterocycles. The van der Waals surface area contributed by atoms with Crippen molar-refractivity contribution < 1.29 is 4.74 Å². The first kappa shape index (κ1) is 8.74. The summed E-state index contributed by atoms with van der Waals surface area (Å²) in [6.07, 6.45) is 2.45. The summed E-state index contributed by atoms with van der Waals surface area (Å²) in [7, 11) is 1.69. The van der Waals surface area contributed by atoms with E-state index in [0.29, 0.717) is 17.8 Å². The SMILES string of the molecule is COCCN(C(N)=S)C1CC1. The Morgan fingerprint density at radius 1 is 1.73 bits per heavy atom. The molecule has 64 valence electrons. The van der Waals surface area contributed by atoms with Gasteiger partial charge in [-0.15, -0.1) is 0 Å². The highest BCUT2D eigenvalue weighted by Crippen LogP contribution is 2.26. The molecule has 0 amide bonds. The second kappa shape index (κ2) is 3.88. The van der Waals surface area contributed by atoms with Gasteiger partial charge in [0.05, 0.1) is 6.61 Å². The van der Waals surface area contributed by atoms with Crippen LogP contribution in [0.3, 0.4) is 0 Å². The van der Waals surface area contributed by atoms with E-state index in [1.54, 1.807) is 7.11 Å². The highest BCUT2D eigenvalue weighted by molar-refractivity contribution is 7.80. The highest BCUT2D eigenvalue weighted by atomic mass is 32.1. The minimum absolute atomic E-state index is 0.504. The molecule has 1 fully saturated rings. The molecule has 0 aromatic rings. The fourth-order valence-electron chi connectivity index (χ4n) is 1.05. The standard InChI is InChI=1S/C7H14N2OS/c1-10-5-4-9(7(8)11)6-2-3-6/h6H,2-5H2,1H3,(H2,8,11). The number of rotatable bonds is 4. The topological polar surface area (TPSA) is 38.5 Å². The zero-order valence-corrected chi connectivity index (χ0v) is 7.56. The van der Waals surface area contributed by atoms with Gasteiger partial charge in [0.2, 0.25) is 0 Å².